The first-order valence-electron chi connectivity index (χ1n) is 7.52. The number of hydrogen-bond donors (Lipinski definition) is 1. The Morgan fingerprint density at radius 1 is 1.50 bits per heavy atom. The van der Waals surface area contributed by atoms with Gasteiger partial charge in [-0.3, -0.25) is 14.5 Å². The summed E-state index contributed by atoms with van der Waals surface area (Å²) in [5, 5.41) is 7.16. The second-order valence-corrected chi connectivity index (χ2v) is 6.30. The van der Waals surface area contributed by atoms with Crippen LogP contribution in [0, 0.1) is 0 Å². The zero-order valence-electron chi connectivity index (χ0n) is 13.0. The summed E-state index contributed by atoms with van der Waals surface area (Å²) in [5.74, 6) is -0.388. The molecule has 22 heavy (non-hydrogen) atoms. The van der Waals surface area contributed by atoms with Crippen molar-refractivity contribution in [1.29, 1.82) is 0 Å². The van der Waals surface area contributed by atoms with Crippen LogP contribution in [0.3, 0.4) is 0 Å². The summed E-state index contributed by atoms with van der Waals surface area (Å²) in [6.45, 7) is 6.20. The number of carbonyl (C=O) groups is 2. The Kier molecular flexibility index (Phi) is 6.15. The summed E-state index contributed by atoms with van der Waals surface area (Å²) < 4.78 is 0. The molecule has 120 valence electrons. The fraction of sp³-hybridized carbons (Fsp3) is 0.500. The predicted molar refractivity (Wildman–Crippen MR) is 88.7 cm³/mol. The van der Waals surface area contributed by atoms with Crippen LogP contribution in [0.5, 0.6) is 0 Å². The Morgan fingerprint density at radius 2 is 2.23 bits per heavy atom. The minimum Gasteiger partial charge on any atom is -0.353 e. The summed E-state index contributed by atoms with van der Waals surface area (Å²) in [6.07, 6.45) is 3.64. The van der Waals surface area contributed by atoms with E-state index in [0.717, 1.165) is 13.1 Å². The second-order valence-electron chi connectivity index (χ2n) is 5.52. The SMILES string of the molecule is C=CC(=O)N(C)CC(=O)NCC(c1ccsc1)N1CCCC1. The van der Waals surface area contributed by atoms with Crippen LogP contribution in [0.2, 0.25) is 0 Å². The lowest BCUT2D eigenvalue weighted by Gasteiger charge is -2.27. The molecule has 1 saturated heterocycles. The molecule has 6 heteroatoms. The molecule has 1 aromatic rings. The van der Waals surface area contributed by atoms with Crippen molar-refractivity contribution in [2.75, 3.05) is 33.2 Å². The highest BCUT2D eigenvalue weighted by Crippen LogP contribution is 2.26. The number of likely N-dealkylation sites (N-methyl/N-ethyl adjacent to an activating group) is 1. The minimum absolute atomic E-state index is 0.0568. The van der Waals surface area contributed by atoms with Gasteiger partial charge in [0.1, 0.15) is 0 Å². The molecule has 1 aliphatic rings. The number of carbonyl (C=O) groups excluding carboxylic acids is 2. The molecule has 1 atom stereocenters. The average Bonchev–Trinajstić information content (AvgIpc) is 3.20. The lowest BCUT2D eigenvalue weighted by molar-refractivity contribution is -0.131. The molecule has 2 rings (SSSR count). The lowest BCUT2D eigenvalue weighted by atomic mass is 10.1. The molecular formula is C16H23N3O2S. The predicted octanol–water partition coefficient (Wildman–Crippen LogP) is 1.65. The van der Waals surface area contributed by atoms with Crippen molar-refractivity contribution in [3.63, 3.8) is 0 Å². The Bertz CT molecular complexity index is 509. The third kappa shape index (κ3) is 4.42. The first-order valence-corrected chi connectivity index (χ1v) is 8.46. The van der Waals surface area contributed by atoms with Crippen LogP contribution < -0.4 is 5.32 Å². The monoisotopic (exact) mass is 321 g/mol. The molecule has 0 aliphatic carbocycles. The van der Waals surface area contributed by atoms with E-state index in [-0.39, 0.29) is 24.4 Å². The Labute approximate surface area is 135 Å². The van der Waals surface area contributed by atoms with Crippen LogP contribution in [0.15, 0.2) is 29.5 Å². The van der Waals surface area contributed by atoms with E-state index in [1.165, 1.54) is 29.4 Å². The number of nitrogens with one attached hydrogen (secondary N) is 1. The van der Waals surface area contributed by atoms with Gasteiger partial charge in [-0.15, -0.1) is 0 Å². The molecule has 1 unspecified atom stereocenters. The van der Waals surface area contributed by atoms with Gasteiger partial charge in [0, 0.05) is 13.6 Å². The largest absolute Gasteiger partial charge is 0.353 e. The molecular weight excluding hydrogens is 298 g/mol. The molecule has 0 saturated carbocycles. The van der Waals surface area contributed by atoms with Crippen LogP contribution in [0.25, 0.3) is 0 Å². The maximum absolute atomic E-state index is 12.0. The number of nitrogens with zero attached hydrogens (tertiary/aromatic N) is 2. The minimum atomic E-state index is -0.246. The molecule has 1 aliphatic heterocycles. The first kappa shape index (κ1) is 16.7. The molecule has 0 spiro atoms. The van der Waals surface area contributed by atoms with Gasteiger partial charge in [-0.1, -0.05) is 6.58 Å². The molecule has 0 radical (unpaired) electrons. The van der Waals surface area contributed by atoms with Crippen molar-refractivity contribution >= 4 is 23.2 Å². The van der Waals surface area contributed by atoms with E-state index in [1.807, 2.05) is 0 Å². The van der Waals surface area contributed by atoms with Gasteiger partial charge in [0.05, 0.1) is 12.6 Å². The van der Waals surface area contributed by atoms with E-state index >= 15 is 0 Å². The Morgan fingerprint density at radius 3 is 2.82 bits per heavy atom. The molecule has 1 fully saturated rings. The van der Waals surface area contributed by atoms with Crippen LogP contribution in [-0.4, -0.2) is 54.8 Å². The molecule has 1 aromatic heterocycles. The number of hydrogen-bond acceptors (Lipinski definition) is 4. The molecule has 5 nitrogen and oxygen atoms in total. The highest BCUT2D eigenvalue weighted by Gasteiger charge is 2.24. The fourth-order valence-electron chi connectivity index (χ4n) is 2.69. The van der Waals surface area contributed by atoms with Gasteiger partial charge in [0.2, 0.25) is 11.8 Å². The van der Waals surface area contributed by atoms with Crippen LogP contribution >= 0.6 is 11.3 Å². The smallest absolute Gasteiger partial charge is 0.246 e. The Balaban J connectivity index is 1.89. The molecule has 2 amide bonds. The van der Waals surface area contributed by atoms with Gasteiger partial charge in [0.15, 0.2) is 0 Å². The number of likely N-dealkylation sites (tertiary alicyclic amines) is 1. The van der Waals surface area contributed by atoms with Gasteiger partial charge in [-0.05, 0) is 54.4 Å². The highest BCUT2D eigenvalue weighted by atomic mass is 32.1. The summed E-state index contributed by atoms with van der Waals surface area (Å²) in [5.41, 5.74) is 1.25. The maximum Gasteiger partial charge on any atom is 0.246 e. The van der Waals surface area contributed by atoms with E-state index < -0.39 is 0 Å². The standard InChI is InChI=1S/C16H23N3O2S/c1-3-16(21)18(2)11-15(20)17-10-14(13-6-9-22-12-13)19-7-4-5-8-19/h3,6,9,12,14H,1,4-5,7-8,10-11H2,2H3,(H,17,20). The number of amides is 2. The molecule has 2 heterocycles. The quantitative estimate of drug-likeness (QED) is 0.777. The second kappa shape index (κ2) is 8.10. The first-order chi connectivity index (χ1) is 10.6. The molecule has 1 N–H and O–H groups in total. The van der Waals surface area contributed by atoms with Gasteiger partial charge in [-0.2, -0.15) is 11.3 Å². The summed E-state index contributed by atoms with van der Waals surface area (Å²) in [7, 11) is 1.60. The Hall–Kier alpha value is -1.66. The van der Waals surface area contributed by atoms with Crippen molar-refractivity contribution in [3.05, 3.63) is 35.0 Å². The van der Waals surface area contributed by atoms with Crippen molar-refractivity contribution in [2.24, 2.45) is 0 Å². The summed E-state index contributed by atoms with van der Waals surface area (Å²) in [4.78, 5) is 27.2. The van der Waals surface area contributed by atoms with E-state index in [9.17, 15) is 9.59 Å². The van der Waals surface area contributed by atoms with E-state index in [4.69, 9.17) is 0 Å². The number of thiophene rings is 1. The van der Waals surface area contributed by atoms with E-state index in [2.05, 4.69) is 33.6 Å². The van der Waals surface area contributed by atoms with Crippen molar-refractivity contribution in [2.45, 2.75) is 18.9 Å². The van der Waals surface area contributed by atoms with Crippen molar-refractivity contribution in [1.82, 2.24) is 15.1 Å². The third-order valence-corrected chi connectivity index (χ3v) is 4.64. The number of rotatable bonds is 7. The van der Waals surface area contributed by atoms with Gasteiger partial charge in [-0.25, -0.2) is 0 Å². The maximum atomic E-state index is 12.0. The van der Waals surface area contributed by atoms with Gasteiger partial charge in [0.25, 0.3) is 0 Å². The van der Waals surface area contributed by atoms with Gasteiger partial charge < -0.3 is 10.2 Å². The zero-order valence-corrected chi connectivity index (χ0v) is 13.8. The highest BCUT2D eigenvalue weighted by molar-refractivity contribution is 7.07. The molecule has 0 bridgehead atoms. The van der Waals surface area contributed by atoms with E-state index in [1.54, 1.807) is 18.4 Å². The van der Waals surface area contributed by atoms with Gasteiger partial charge >= 0.3 is 0 Å². The van der Waals surface area contributed by atoms with Crippen molar-refractivity contribution < 1.29 is 9.59 Å². The summed E-state index contributed by atoms with van der Waals surface area (Å²) >= 11 is 1.68. The third-order valence-electron chi connectivity index (χ3n) is 3.93. The molecule has 0 aromatic carbocycles. The average molecular weight is 321 g/mol. The van der Waals surface area contributed by atoms with Crippen LogP contribution in [0.4, 0.5) is 0 Å². The lowest BCUT2D eigenvalue weighted by Crippen LogP contribution is -2.41. The van der Waals surface area contributed by atoms with Crippen LogP contribution in [-0.2, 0) is 9.59 Å². The normalized spacial score (nSPS) is 16.2. The summed E-state index contributed by atoms with van der Waals surface area (Å²) in [6, 6.07) is 2.34. The van der Waals surface area contributed by atoms with Crippen molar-refractivity contribution in [3.8, 4) is 0 Å². The fourth-order valence-corrected chi connectivity index (χ4v) is 3.40. The topological polar surface area (TPSA) is 52.7 Å². The van der Waals surface area contributed by atoms with Crippen LogP contribution in [0.1, 0.15) is 24.4 Å². The van der Waals surface area contributed by atoms with E-state index in [0.29, 0.717) is 6.54 Å². The zero-order chi connectivity index (χ0) is 15.9.